The molecule has 0 spiro atoms. The fraction of sp³-hybridized carbons (Fsp3) is 0.0833. The fourth-order valence-corrected chi connectivity index (χ4v) is 1.72. The van der Waals surface area contributed by atoms with E-state index in [1.165, 1.54) is 31.6 Å². The molecular formula is C12H9Cl2N3O3. The SMILES string of the molecule is COc1ccc(C(=O)Nc2ncnc(Cl)c2Cl)cc1O. The largest absolute Gasteiger partial charge is 0.504 e. The molecule has 0 atom stereocenters. The van der Waals surface area contributed by atoms with Crippen LogP contribution >= 0.6 is 23.2 Å². The zero-order valence-electron chi connectivity index (χ0n) is 10.2. The Hall–Kier alpha value is -2.05. The van der Waals surface area contributed by atoms with Gasteiger partial charge in [-0.05, 0) is 18.2 Å². The molecule has 8 heteroatoms. The lowest BCUT2D eigenvalue weighted by Gasteiger charge is -2.08. The highest BCUT2D eigenvalue weighted by Crippen LogP contribution is 2.28. The Labute approximate surface area is 124 Å². The van der Waals surface area contributed by atoms with E-state index in [-0.39, 0.29) is 33.1 Å². The number of aromatic nitrogens is 2. The molecule has 0 saturated heterocycles. The molecule has 0 aliphatic rings. The van der Waals surface area contributed by atoms with Gasteiger partial charge in [0, 0.05) is 5.56 Å². The highest BCUT2D eigenvalue weighted by Gasteiger charge is 2.14. The minimum atomic E-state index is -0.500. The summed E-state index contributed by atoms with van der Waals surface area (Å²) in [6.07, 6.45) is 1.18. The number of hydrogen-bond acceptors (Lipinski definition) is 5. The van der Waals surface area contributed by atoms with Crippen molar-refractivity contribution in [2.45, 2.75) is 0 Å². The summed E-state index contributed by atoms with van der Waals surface area (Å²) in [5, 5.41) is 12.2. The van der Waals surface area contributed by atoms with Crippen molar-refractivity contribution in [3.63, 3.8) is 0 Å². The smallest absolute Gasteiger partial charge is 0.256 e. The van der Waals surface area contributed by atoms with Crippen molar-refractivity contribution in [3.05, 3.63) is 40.3 Å². The molecule has 2 N–H and O–H groups in total. The number of nitrogens with zero attached hydrogens (tertiary/aromatic N) is 2. The number of amides is 1. The number of aromatic hydroxyl groups is 1. The van der Waals surface area contributed by atoms with Gasteiger partial charge in [-0.1, -0.05) is 23.2 Å². The zero-order valence-corrected chi connectivity index (χ0v) is 11.7. The minimum absolute atomic E-state index is 0.0366. The van der Waals surface area contributed by atoms with Crippen molar-refractivity contribution in [3.8, 4) is 11.5 Å². The summed E-state index contributed by atoms with van der Waals surface area (Å²) in [5.41, 5.74) is 0.217. The highest BCUT2D eigenvalue weighted by molar-refractivity contribution is 6.43. The Bertz CT molecular complexity index is 664. The van der Waals surface area contributed by atoms with Gasteiger partial charge in [0.05, 0.1) is 7.11 Å². The predicted molar refractivity (Wildman–Crippen MR) is 74.7 cm³/mol. The summed E-state index contributed by atoms with van der Waals surface area (Å²) >= 11 is 11.6. The summed E-state index contributed by atoms with van der Waals surface area (Å²) in [6.45, 7) is 0. The topological polar surface area (TPSA) is 84.3 Å². The second kappa shape index (κ2) is 5.94. The predicted octanol–water partition coefficient (Wildman–Crippen LogP) is 2.75. The molecule has 0 unspecified atom stereocenters. The number of anilines is 1. The van der Waals surface area contributed by atoms with Crippen molar-refractivity contribution in [1.29, 1.82) is 0 Å². The monoisotopic (exact) mass is 313 g/mol. The van der Waals surface area contributed by atoms with E-state index >= 15 is 0 Å². The van der Waals surface area contributed by atoms with Crippen molar-refractivity contribution < 1.29 is 14.6 Å². The van der Waals surface area contributed by atoms with Gasteiger partial charge in [-0.3, -0.25) is 4.79 Å². The number of nitrogens with one attached hydrogen (secondary N) is 1. The molecule has 2 aromatic rings. The Morgan fingerprint density at radius 3 is 2.75 bits per heavy atom. The van der Waals surface area contributed by atoms with Crippen molar-refractivity contribution in [2.24, 2.45) is 0 Å². The van der Waals surface area contributed by atoms with Crippen LogP contribution in [0.1, 0.15) is 10.4 Å². The second-order valence-corrected chi connectivity index (χ2v) is 4.40. The first kappa shape index (κ1) is 14.4. The molecule has 0 radical (unpaired) electrons. The second-order valence-electron chi connectivity index (χ2n) is 3.67. The van der Waals surface area contributed by atoms with Gasteiger partial charge in [0.1, 0.15) is 11.3 Å². The number of carbonyl (C=O) groups is 1. The first-order chi connectivity index (χ1) is 9.52. The number of benzene rings is 1. The van der Waals surface area contributed by atoms with Crippen LogP contribution in [0.15, 0.2) is 24.5 Å². The molecule has 0 fully saturated rings. The van der Waals surface area contributed by atoms with E-state index in [4.69, 9.17) is 27.9 Å². The average molecular weight is 314 g/mol. The molecule has 20 heavy (non-hydrogen) atoms. The fourth-order valence-electron chi connectivity index (χ4n) is 1.45. The van der Waals surface area contributed by atoms with Crippen LogP contribution in [0, 0.1) is 0 Å². The summed E-state index contributed by atoms with van der Waals surface area (Å²) in [4.78, 5) is 19.5. The molecule has 1 aromatic carbocycles. The molecule has 1 heterocycles. The Morgan fingerprint density at radius 1 is 1.35 bits per heavy atom. The van der Waals surface area contributed by atoms with Crippen LogP contribution in [0.4, 0.5) is 5.82 Å². The summed E-state index contributed by atoms with van der Waals surface area (Å²) in [6, 6.07) is 4.23. The van der Waals surface area contributed by atoms with Gasteiger partial charge < -0.3 is 15.2 Å². The number of carbonyl (C=O) groups excluding carboxylic acids is 1. The Kier molecular flexibility index (Phi) is 4.26. The number of methoxy groups -OCH3 is 1. The number of halogens is 2. The quantitative estimate of drug-likeness (QED) is 0.851. The van der Waals surface area contributed by atoms with Gasteiger partial charge >= 0.3 is 0 Å². The molecule has 0 bridgehead atoms. The summed E-state index contributed by atoms with van der Waals surface area (Å²) in [5.74, 6) is -0.289. The van der Waals surface area contributed by atoms with Gasteiger partial charge in [-0.2, -0.15) is 0 Å². The lowest BCUT2D eigenvalue weighted by Crippen LogP contribution is -2.13. The third kappa shape index (κ3) is 2.92. The first-order valence-corrected chi connectivity index (χ1v) is 6.13. The lowest BCUT2D eigenvalue weighted by atomic mass is 10.2. The van der Waals surface area contributed by atoms with Gasteiger partial charge in [0.25, 0.3) is 5.91 Å². The van der Waals surface area contributed by atoms with Crippen LogP contribution in [0.5, 0.6) is 11.5 Å². The van der Waals surface area contributed by atoms with Gasteiger partial charge in [0.2, 0.25) is 0 Å². The first-order valence-electron chi connectivity index (χ1n) is 5.37. The molecule has 6 nitrogen and oxygen atoms in total. The number of phenols is 1. The minimum Gasteiger partial charge on any atom is -0.504 e. The van der Waals surface area contributed by atoms with Crippen LogP contribution in [-0.2, 0) is 0 Å². The summed E-state index contributed by atoms with van der Waals surface area (Å²) < 4.78 is 4.89. The lowest BCUT2D eigenvalue weighted by molar-refractivity contribution is 0.102. The van der Waals surface area contributed by atoms with E-state index in [0.29, 0.717) is 0 Å². The third-order valence-corrected chi connectivity index (χ3v) is 3.16. The van der Waals surface area contributed by atoms with E-state index in [0.717, 1.165) is 0 Å². The molecule has 0 aliphatic carbocycles. The van der Waals surface area contributed by atoms with Crippen LogP contribution in [-0.4, -0.2) is 28.1 Å². The maximum absolute atomic E-state index is 12.0. The Morgan fingerprint density at radius 2 is 2.10 bits per heavy atom. The molecule has 1 amide bonds. The molecule has 1 aromatic heterocycles. The zero-order chi connectivity index (χ0) is 14.7. The van der Waals surface area contributed by atoms with E-state index in [9.17, 15) is 9.90 Å². The standard InChI is InChI=1S/C12H9Cl2N3O3/c1-20-8-3-2-6(4-7(8)18)12(19)17-11-9(13)10(14)15-5-16-11/h2-5,18H,1H3,(H,15,16,17,19). The van der Waals surface area contributed by atoms with E-state index in [1.807, 2.05) is 0 Å². The molecule has 0 aliphatic heterocycles. The van der Waals surface area contributed by atoms with Gasteiger partial charge in [0.15, 0.2) is 22.5 Å². The molecule has 0 saturated carbocycles. The molecular weight excluding hydrogens is 305 g/mol. The van der Waals surface area contributed by atoms with Crippen molar-refractivity contribution >= 4 is 34.9 Å². The normalized spacial score (nSPS) is 10.2. The number of rotatable bonds is 3. The van der Waals surface area contributed by atoms with Gasteiger partial charge in [-0.15, -0.1) is 0 Å². The highest BCUT2D eigenvalue weighted by atomic mass is 35.5. The third-order valence-electron chi connectivity index (χ3n) is 2.42. The van der Waals surface area contributed by atoms with Crippen LogP contribution in [0.3, 0.4) is 0 Å². The van der Waals surface area contributed by atoms with Crippen LogP contribution in [0.2, 0.25) is 10.2 Å². The van der Waals surface area contributed by atoms with Crippen molar-refractivity contribution in [1.82, 2.24) is 9.97 Å². The maximum Gasteiger partial charge on any atom is 0.256 e. The van der Waals surface area contributed by atoms with Crippen LogP contribution in [0.25, 0.3) is 0 Å². The molecule has 104 valence electrons. The average Bonchev–Trinajstić information content (AvgIpc) is 2.43. The maximum atomic E-state index is 12.0. The summed E-state index contributed by atoms with van der Waals surface area (Å²) in [7, 11) is 1.41. The van der Waals surface area contributed by atoms with Gasteiger partial charge in [-0.25, -0.2) is 9.97 Å². The van der Waals surface area contributed by atoms with Crippen LogP contribution < -0.4 is 10.1 Å². The Balaban J connectivity index is 2.24. The van der Waals surface area contributed by atoms with E-state index in [1.54, 1.807) is 0 Å². The van der Waals surface area contributed by atoms with Crippen molar-refractivity contribution in [2.75, 3.05) is 12.4 Å². The van der Waals surface area contributed by atoms with E-state index in [2.05, 4.69) is 15.3 Å². The number of phenolic OH excluding ortho intramolecular Hbond substituents is 1. The van der Waals surface area contributed by atoms with E-state index < -0.39 is 5.91 Å². The molecule has 2 rings (SSSR count). The number of hydrogen-bond donors (Lipinski definition) is 2. The number of ether oxygens (including phenoxy) is 1.